The van der Waals surface area contributed by atoms with Crippen molar-refractivity contribution in [2.75, 3.05) is 52.4 Å². The molecule has 14 heavy (non-hydrogen) atoms. The van der Waals surface area contributed by atoms with Crippen LogP contribution >= 0.6 is 0 Å². The van der Waals surface area contributed by atoms with Crippen LogP contribution in [-0.2, 0) is 0 Å². The smallest absolute Gasteiger partial charge is 0.0275 e. The summed E-state index contributed by atoms with van der Waals surface area (Å²) in [5.74, 6) is 0. The van der Waals surface area contributed by atoms with E-state index in [2.05, 4.69) is 21.3 Å². The van der Waals surface area contributed by atoms with Gasteiger partial charge in [-0.25, -0.2) is 10.6 Å². The Balaban J connectivity index is 2.00. The maximum absolute atomic E-state index is 4.41. The molecule has 0 unspecified atom stereocenters. The Kier molecular flexibility index (Phi) is 8.00. The molecule has 1 aliphatic rings. The highest BCUT2D eigenvalue weighted by atomic mass is 15.0. The quantitative estimate of drug-likeness (QED) is 0.534. The van der Waals surface area contributed by atoms with Gasteiger partial charge in [-0.3, -0.25) is 0 Å². The van der Waals surface area contributed by atoms with E-state index in [-0.39, 0.29) is 0 Å². The summed E-state index contributed by atoms with van der Waals surface area (Å²) < 4.78 is 0. The predicted molar refractivity (Wildman–Crippen MR) is 58.7 cm³/mol. The molecule has 2 N–H and O–H groups in total. The third kappa shape index (κ3) is 7.26. The van der Waals surface area contributed by atoms with E-state index in [1.807, 2.05) is 0 Å². The summed E-state index contributed by atoms with van der Waals surface area (Å²) in [6, 6.07) is 0. The van der Waals surface area contributed by atoms with Gasteiger partial charge in [0.2, 0.25) is 0 Å². The molecule has 0 saturated carbocycles. The second kappa shape index (κ2) is 9.40. The minimum absolute atomic E-state index is 0.910. The van der Waals surface area contributed by atoms with E-state index in [1.165, 1.54) is 0 Å². The molecule has 1 fully saturated rings. The molecule has 0 bridgehead atoms. The van der Waals surface area contributed by atoms with Crippen molar-refractivity contribution in [3.63, 3.8) is 0 Å². The van der Waals surface area contributed by atoms with Crippen LogP contribution < -0.4 is 21.3 Å². The van der Waals surface area contributed by atoms with E-state index in [9.17, 15) is 0 Å². The minimum Gasteiger partial charge on any atom is -0.315 e. The van der Waals surface area contributed by atoms with Gasteiger partial charge < -0.3 is 10.6 Å². The van der Waals surface area contributed by atoms with Gasteiger partial charge in [0.15, 0.2) is 0 Å². The fraction of sp³-hybridized carbons (Fsp3) is 1.00. The topological polar surface area (TPSA) is 52.3 Å². The summed E-state index contributed by atoms with van der Waals surface area (Å²) in [5, 5.41) is 15.6. The molecule has 0 amide bonds. The summed E-state index contributed by atoms with van der Waals surface area (Å²) in [4.78, 5) is 0. The lowest BCUT2D eigenvalue weighted by atomic mass is 10.3. The van der Waals surface area contributed by atoms with Crippen molar-refractivity contribution in [2.24, 2.45) is 0 Å². The summed E-state index contributed by atoms with van der Waals surface area (Å²) in [6.45, 7) is 8.09. The van der Waals surface area contributed by atoms with Crippen molar-refractivity contribution in [1.29, 1.82) is 0 Å². The first-order valence-corrected chi connectivity index (χ1v) is 5.68. The largest absolute Gasteiger partial charge is 0.315 e. The molecule has 0 aromatic rings. The van der Waals surface area contributed by atoms with Crippen molar-refractivity contribution in [3.05, 3.63) is 0 Å². The van der Waals surface area contributed by atoms with Crippen molar-refractivity contribution >= 4 is 0 Å². The fourth-order valence-corrected chi connectivity index (χ4v) is 1.42. The van der Waals surface area contributed by atoms with Crippen molar-refractivity contribution in [2.45, 2.75) is 12.8 Å². The number of hydrogen-bond acceptors (Lipinski definition) is 2. The monoisotopic (exact) mass is 198 g/mol. The highest BCUT2D eigenvalue weighted by Gasteiger charge is 1.94. The molecular weight excluding hydrogens is 176 g/mol. The van der Waals surface area contributed by atoms with E-state index >= 15 is 0 Å². The zero-order valence-electron chi connectivity index (χ0n) is 8.97. The second-order valence-electron chi connectivity index (χ2n) is 3.55. The summed E-state index contributed by atoms with van der Waals surface area (Å²) in [6.07, 6.45) is 2.31. The Labute approximate surface area is 87.2 Å². The van der Waals surface area contributed by atoms with Gasteiger partial charge in [-0.15, -0.1) is 0 Å². The molecule has 0 aromatic carbocycles. The van der Waals surface area contributed by atoms with Crippen LogP contribution in [0.25, 0.3) is 0 Å². The first-order chi connectivity index (χ1) is 7.00. The Morgan fingerprint density at radius 2 is 1.07 bits per heavy atom. The molecule has 4 heteroatoms. The van der Waals surface area contributed by atoms with Crippen LogP contribution in [0.2, 0.25) is 0 Å². The average Bonchev–Trinajstić information content (AvgIpc) is 2.22. The zero-order chi connectivity index (χ0) is 9.90. The van der Waals surface area contributed by atoms with Crippen LogP contribution in [0.5, 0.6) is 0 Å². The summed E-state index contributed by atoms with van der Waals surface area (Å²) in [7, 11) is 0. The van der Waals surface area contributed by atoms with E-state index in [0.717, 1.165) is 65.2 Å². The summed E-state index contributed by atoms with van der Waals surface area (Å²) in [5.41, 5.74) is 0. The van der Waals surface area contributed by atoms with Crippen LogP contribution in [-0.4, -0.2) is 52.4 Å². The lowest BCUT2D eigenvalue weighted by molar-refractivity contribution is 0.523. The first-order valence-electron chi connectivity index (χ1n) is 5.68. The maximum Gasteiger partial charge on any atom is 0.0275 e. The van der Waals surface area contributed by atoms with Crippen molar-refractivity contribution in [1.82, 2.24) is 21.3 Å². The number of nitrogens with one attached hydrogen (secondary N) is 2. The molecular formula is C10H22N4. The van der Waals surface area contributed by atoms with Crippen LogP contribution in [0.15, 0.2) is 0 Å². The fourth-order valence-electron chi connectivity index (χ4n) is 1.42. The van der Waals surface area contributed by atoms with E-state index in [1.54, 1.807) is 0 Å². The van der Waals surface area contributed by atoms with Gasteiger partial charge in [0, 0.05) is 39.3 Å². The van der Waals surface area contributed by atoms with Gasteiger partial charge in [-0.05, 0) is 25.9 Å². The van der Waals surface area contributed by atoms with Crippen molar-refractivity contribution in [3.8, 4) is 0 Å². The minimum atomic E-state index is 0.910. The third-order valence-electron chi connectivity index (χ3n) is 2.23. The molecule has 1 aliphatic heterocycles. The van der Waals surface area contributed by atoms with E-state index in [0.29, 0.717) is 0 Å². The van der Waals surface area contributed by atoms with E-state index in [4.69, 9.17) is 0 Å². The van der Waals surface area contributed by atoms with Crippen LogP contribution in [0.3, 0.4) is 0 Å². The number of rotatable bonds is 0. The molecule has 2 radical (unpaired) electrons. The highest BCUT2D eigenvalue weighted by molar-refractivity contribution is 4.58. The third-order valence-corrected chi connectivity index (χ3v) is 2.23. The number of nitrogens with zero attached hydrogens (tertiary/aromatic N) is 2. The molecule has 1 heterocycles. The maximum atomic E-state index is 4.41. The highest BCUT2D eigenvalue weighted by Crippen LogP contribution is 1.78. The van der Waals surface area contributed by atoms with Crippen molar-refractivity contribution < 1.29 is 0 Å². The van der Waals surface area contributed by atoms with E-state index < -0.39 is 0 Å². The second-order valence-corrected chi connectivity index (χ2v) is 3.55. The molecule has 82 valence electrons. The first kappa shape index (κ1) is 11.9. The SMILES string of the molecule is C1C[N]CC[N]CCCNCCNC1. The Morgan fingerprint density at radius 3 is 1.57 bits per heavy atom. The van der Waals surface area contributed by atoms with Gasteiger partial charge in [-0.2, -0.15) is 0 Å². The van der Waals surface area contributed by atoms with Crippen LogP contribution in [0.4, 0.5) is 0 Å². The lowest BCUT2D eigenvalue weighted by Crippen LogP contribution is -2.31. The van der Waals surface area contributed by atoms with Crippen LogP contribution in [0, 0.1) is 0 Å². The molecule has 1 saturated heterocycles. The zero-order valence-corrected chi connectivity index (χ0v) is 8.97. The Morgan fingerprint density at radius 1 is 0.571 bits per heavy atom. The van der Waals surface area contributed by atoms with Gasteiger partial charge in [0.25, 0.3) is 0 Å². The molecule has 0 spiro atoms. The Hall–Kier alpha value is -0.160. The molecule has 0 aromatic heterocycles. The standard InChI is InChI=1S/C10H22N4/c1-3-11-7-9-13-5-2-6-14-10-8-12-4-1/h11,13H,1-10H2. The molecule has 0 atom stereocenters. The van der Waals surface area contributed by atoms with Gasteiger partial charge in [0.1, 0.15) is 0 Å². The van der Waals surface area contributed by atoms with Crippen LogP contribution in [0.1, 0.15) is 12.8 Å². The normalized spacial score (nSPS) is 24.0. The average molecular weight is 198 g/mol. The lowest BCUT2D eigenvalue weighted by Gasteiger charge is -2.08. The summed E-state index contributed by atoms with van der Waals surface area (Å²) >= 11 is 0. The van der Waals surface area contributed by atoms with Gasteiger partial charge >= 0.3 is 0 Å². The predicted octanol–water partition coefficient (Wildman–Crippen LogP) is -0.832. The Bertz CT molecular complexity index is 65.4. The van der Waals surface area contributed by atoms with Gasteiger partial charge in [-0.1, -0.05) is 0 Å². The molecule has 0 aliphatic carbocycles. The molecule has 1 rings (SSSR count). The molecule has 4 nitrogen and oxygen atoms in total. The van der Waals surface area contributed by atoms with Gasteiger partial charge in [0.05, 0.1) is 0 Å². The number of hydrogen-bond donors (Lipinski definition) is 2.